The molecule has 0 saturated carbocycles. The Morgan fingerprint density at radius 3 is 2.79 bits per heavy atom. The predicted octanol–water partition coefficient (Wildman–Crippen LogP) is 2.52. The van der Waals surface area contributed by atoms with Gasteiger partial charge in [0.25, 0.3) is 0 Å². The van der Waals surface area contributed by atoms with Gasteiger partial charge in [-0.2, -0.15) is 0 Å². The molecule has 2 aromatic carbocycles. The Labute approximate surface area is 169 Å². The smallest absolute Gasteiger partial charge is 0.227 e. The molecule has 2 heterocycles. The summed E-state index contributed by atoms with van der Waals surface area (Å²) in [7, 11) is 1.57. The largest absolute Gasteiger partial charge is 0.495 e. The molecule has 1 unspecified atom stereocenters. The standard InChI is InChI=1S/C22H24N4O3/c1-15-24-17-7-3-4-8-18(17)25(15)12-11-23-22(28)16-13-21(27)26(14-16)19-9-5-6-10-20(19)29-2/h3-10,16H,11-14H2,1-2H3,(H,23,28). The van der Waals surface area contributed by atoms with Crippen LogP contribution in [0.1, 0.15) is 12.2 Å². The molecule has 1 aromatic heterocycles. The summed E-state index contributed by atoms with van der Waals surface area (Å²) in [5.74, 6) is 1.01. The van der Waals surface area contributed by atoms with Crippen molar-refractivity contribution in [2.45, 2.75) is 19.9 Å². The molecule has 0 aliphatic carbocycles. The molecule has 2 amide bonds. The van der Waals surface area contributed by atoms with Crippen molar-refractivity contribution < 1.29 is 14.3 Å². The predicted molar refractivity (Wildman–Crippen MR) is 111 cm³/mol. The minimum Gasteiger partial charge on any atom is -0.495 e. The lowest BCUT2D eigenvalue weighted by Gasteiger charge is -2.19. The van der Waals surface area contributed by atoms with E-state index < -0.39 is 0 Å². The highest BCUT2D eigenvalue weighted by Crippen LogP contribution is 2.32. The average molecular weight is 392 g/mol. The third kappa shape index (κ3) is 3.68. The van der Waals surface area contributed by atoms with E-state index in [-0.39, 0.29) is 24.2 Å². The molecule has 1 N–H and O–H groups in total. The Balaban J connectivity index is 1.38. The number of methoxy groups -OCH3 is 1. The number of imidazole rings is 1. The van der Waals surface area contributed by atoms with Gasteiger partial charge in [-0.15, -0.1) is 0 Å². The quantitative estimate of drug-likeness (QED) is 0.699. The molecule has 3 aromatic rings. The number of hydrogen-bond donors (Lipinski definition) is 1. The highest BCUT2D eigenvalue weighted by atomic mass is 16.5. The van der Waals surface area contributed by atoms with Crippen LogP contribution in [0.5, 0.6) is 5.75 Å². The number of aryl methyl sites for hydroxylation is 1. The Morgan fingerprint density at radius 1 is 1.21 bits per heavy atom. The fourth-order valence-corrected chi connectivity index (χ4v) is 3.88. The van der Waals surface area contributed by atoms with Gasteiger partial charge < -0.3 is 19.5 Å². The Kier molecular flexibility index (Phi) is 5.20. The summed E-state index contributed by atoms with van der Waals surface area (Å²) in [6, 6.07) is 15.3. The van der Waals surface area contributed by atoms with Gasteiger partial charge in [0.1, 0.15) is 11.6 Å². The molecule has 0 bridgehead atoms. The summed E-state index contributed by atoms with van der Waals surface area (Å²) in [6.07, 6.45) is 0.205. The molecule has 1 saturated heterocycles. The number of benzene rings is 2. The van der Waals surface area contributed by atoms with Gasteiger partial charge in [0, 0.05) is 26.1 Å². The maximum absolute atomic E-state index is 12.7. The molecule has 1 aliphatic rings. The molecule has 7 heteroatoms. The van der Waals surface area contributed by atoms with Crippen molar-refractivity contribution in [3.8, 4) is 5.75 Å². The summed E-state index contributed by atoms with van der Waals surface area (Å²) in [6.45, 7) is 3.44. The van der Waals surface area contributed by atoms with Gasteiger partial charge in [0.2, 0.25) is 11.8 Å². The zero-order valence-electron chi connectivity index (χ0n) is 16.6. The van der Waals surface area contributed by atoms with E-state index in [1.165, 1.54) is 0 Å². The second-order valence-corrected chi connectivity index (χ2v) is 7.17. The number of rotatable bonds is 6. The molecule has 4 rings (SSSR count). The number of aromatic nitrogens is 2. The van der Waals surface area contributed by atoms with Crippen LogP contribution in [0.25, 0.3) is 11.0 Å². The summed E-state index contributed by atoms with van der Waals surface area (Å²) < 4.78 is 7.45. The van der Waals surface area contributed by atoms with Gasteiger partial charge >= 0.3 is 0 Å². The Hall–Kier alpha value is -3.35. The number of carbonyl (C=O) groups is 2. The first-order valence-electron chi connectivity index (χ1n) is 9.71. The third-order valence-electron chi connectivity index (χ3n) is 5.35. The van der Waals surface area contributed by atoms with Crippen molar-refractivity contribution in [2.75, 3.05) is 25.1 Å². The number of hydrogen-bond acceptors (Lipinski definition) is 4. The molecule has 1 atom stereocenters. The maximum atomic E-state index is 12.7. The van der Waals surface area contributed by atoms with E-state index in [0.29, 0.717) is 31.1 Å². The van der Waals surface area contributed by atoms with E-state index in [4.69, 9.17) is 4.74 Å². The van der Waals surface area contributed by atoms with Crippen LogP contribution in [-0.4, -0.2) is 41.6 Å². The van der Waals surface area contributed by atoms with E-state index >= 15 is 0 Å². The van der Waals surface area contributed by atoms with Crippen LogP contribution in [0.3, 0.4) is 0 Å². The summed E-state index contributed by atoms with van der Waals surface area (Å²) in [5, 5.41) is 2.98. The van der Waals surface area contributed by atoms with Crippen molar-refractivity contribution in [3.63, 3.8) is 0 Å². The number of nitrogens with one attached hydrogen (secondary N) is 1. The van der Waals surface area contributed by atoms with E-state index in [1.54, 1.807) is 12.0 Å². The Morgan fingerprint density at radius 2 is 1.97 bits per heavy atom. The SMILES string of the molecule is COc1ccccc1N1CC(C(=O)NCCn2c(C)nc3ccccc32)CC1=O. The second-order valence-electron chi connectivity index (χ2n) is 7.17. The molecular weight excluding hydrogens is 368 g/mol. The third-order valence-corrected chi connectivity index (χ3v) is 5.35. The normalized spacial score (nSPS) is 16.4. The molecule has 29 heavy (non-hydrogen) atoms. The number of ether oxygens (including phenoxy) is 1. The Bertz CT molecular complexity index is 1060. The summed E-state index contributed by atoms with van der Waals surface area (Å²) in [4.78, 5) is 31.3. The van der Waals surface area contributed by atoms with Crippen molar-refractivity contribution in [1.29, 1.82) is 0 Å². The van der Waals surface area contributed by atoms with Gasteiger partial charge in [-0.25, -0.2) is 4.98 Å². The van der Waals surface area contributed by atoms with Gasteiger partial charge in [0.05, 0.1) is 29.7 Å². The van der Waals surface area contributed by atoms with Crippen LogP contribution in [0.2, 0.25) is 0 Å². The average Bonchev–Trinajstić information content (AvgIpc) is 3.27. The molecule has 7 nitrogen and oxygen atoms in total. The van der Waals surface area contributed by atoms with Crippen molar-refractivity contribution in [3.05, 3.63) is 54.4 Å². The maximum Gasteiger partial charge on any atom is 0.227 e. The number of carbonyl (C=O) groups excluding carboxylic acids is 2. The van der Waals surface area contributed by atoms with Crippen LogP contribution in [-0.2, 0) is 16.1 Å². The van der Waals surface area contributed by atoms with Crippen LogP contribution < -0.4 is 15.0 Å². The number of para-hydroxylation sites is 4. The van der Waals surface area contributed by atoms with Crippen LogP contribution in [0, 0.1) is 12.8 Å². The fourth-order valence-electron chi connectivity index (χ4n) is 3.88. The molecular formula is C22H24N4O3. The van der Waals surface area contributed by atoms with Gasteiger partial charge in [-0.3, -0.25) is 9.59 Å². The van der Waals surface area contributed by atoms with E-state index in [2.05, 4.69) is 14.9 Å². The van der Waals surface area contributed by atoms with E-state index in [9.17, 15) is 9.59 Å². The van der Waals surface area contributed by atoms with Crippen molar-refractivity contribution in [2.24, 2.45) is 5.92 Å². The minimum atomic E-state index is -0.368. The van der Waals surface area contributed by atoms with Crippen molar-refractivity contribution in [1.82, 2.24) is 14.9 Å². The minimum absolute atomic E-state index is 0.0638. The first kappa shape index (κ1) is 19.0. The molecule has 0 radical (unpaired) electrons. The fraction of sp³-hybridized carbons (Fsp3) is 0.318. The summed E-state index contributed by atoms with van der Waals surface area (Å²) in [5.41, 5.74) is 2.71. The van der Waals surface area contributed by atoms with Crippen LogP contribution >= 0.6 is 0 Å². The molecule has 0 spiro atoms. The van der Waals surface area contributed by atoms with Gasteiger partial charge in [-0.05, 0) is 31.2 Å². The number of nitrogens with zero attached hydrogens (tertiary/aromatic N) is 3. The lowest BCUT2D eigenvalue weighted by molar-refractivity contribution is -0.126. The van der Waals surface area contributed by atoms with Gasteiger partial charge in [-0.1, -0.05) is 24.3 Å². The number of anilines is 1. The van der Waals surface area contributed by atoms with Crippen LogP contribution in [0.4, 0.5) is 5.69 Å². The highest BCUT2D eigenvalue weighted by molar-refractivity contribution is 6.01. The van der Waals surface area contributed by atoms with Crippen LogP contribution in [0.15, 0.2) is 48.5 Å². The number of amides is 2. The second kappa shape index (κ2) is 7.95. The summed E-state index contributed by atoms with van der Waals surface area (Å²) >= 11 is 0. The topological polar surface area (TPSA) is 76.5 Å². The van der Waals surface area contributed by atoms with Crippen molar-refractivity contribution >= 4 is 28.5 Å². The first-order chi connectivity index (χ1) is 14.1. The highest BCUT2D eigenvalue weighted by Gasteiger charge is 2.36. The van der Waals surface area contributed by atoms with E-state index in [0.717, 1.165) is 16.9 Å². The van der Waals surface area contributed by atoms with E-state index in [1.807, 2.05) is 55.5 Å². The first-order valence-corrected chi connectivity index (χ1v) is 9.71. The van der Waals surface area contributed by atoms with Gasteiger partial charge in [0.15, 0.2) is 0 Å². The lowest BCUT2D eigenvalue weighted by Crippen LogP contribution is -2.35. The zero-order valence-corrected chi connectivity index (χ0v) is 16.6. The molecule has 1 aliphatic heterocycles. The monoisotopic (exact) mass is 392 g/mol. The zero-order chi connectivity index (χ0) is 20.4. The molecule has 1 fully saturated rings. The molecule has 150 valence electrons. The number of fused-ring (bicyclic) bond motifs is 1. The lowest BCUT2D eigenvalue weighted by atomic mass is 10.1.